The van der Waals surface area contributed by atoms with Gasteiger partial charge >= 0.3 is 6.03 Å². The van der Waals surface area contributed by atoms with E-state index in [4.69, 9.17) is 5.73 Å². The molecular formula is C19H28N4O2. The first-order valence-electron chi connectivity index (χ1n) is 9.29. The molecule has 1 heterocycles. The van der Waals surface area contributed by atoms with E-state index in [0.717, 1.165) is 44.2 Å². The van der Waals surface area contributed by atoms with Crippen molar-refractivity contribution in [3.05, 3.63) is 30.3 Å². The van der Waals surface area contributed by atoms with Crippen molar-refractivity contribution in [2.75, 3.05) is 18.4 Å². The SMILES string of the molecule is NC1CCC(NC(=O)C2CCCN(C(=O)Nc3ccccc3)C2)CC1. The summed E-state index contributed by atoms with van der Waals surface area (Å²) in [4.78, 5) is 26.8. The third kappa shape index (κ3) is 4.95. The first kappa shape index (κ1) is 17.7. The molecule has 1 aromatic carbocycles. The molecule has 1 unspecified atom stereocenters. The van der Waals surface area contributed by atoms with Gasteiger partial charge in [0.25, 0.3) is 0 Å². The molecule has 2 fully saturated rings. The van der Waals surface area contributed by atoms with Crippen molar-refractivity contribution < 1.29 is 9.59 Å². The number of nitrogens with one attached hydrogen (secondary N) is 2. The fourth-order valence-corrected chi connectivity index (χ4v) is 3.68. The molecule has 1 saturated heterocycles. The van der Waals surface area contributed by atoms with Gasteiger partial charge in [0.2, 0.25) is 5.91 Å². The number of carbonyl (C=O) groups is 2. The van der Waals surface area contributed by atoms with Gasteiger partial charge in [0.1, 0.15) is 0 Å². The van der Waals surface area contributed by atoms with Crippen molar-refractivity contribution in [3.63, 3.8) is 0 Å². The quantitative estimate of drug-likeness (QED) is 0.786. The Bertz CT molecular complexity index is 584. The van der Waals surface area contributed by atoms with E-state index in [9.17, 15) is 9.59 Å². The summed E-state index contributed by atoms with van der Waals surface area (Å²) >= 11 is 0. The van der Waals surface area contributed by atoms with E-state index in [2.05, 4.69) is 10.6 Å². The van der Waals surface area contributed by atoms with Crippen LogP contribution in [0.2, 0.25) is 0 Å². The maximum atomic E-state index is 12.6. The molecule has 4 N–H and O–H groups in total. The minimum atomic E-state index is -0.132. The Hall–Kier alpha value is -2.08. The first-order chi connectivity index (χ1) is 12.1. The predicted molar refractivity (Wildman–Crippen MR) is 98.1 cm³/mol. The highest BCUT2D eigenvalue weighted by molar-refractivity contribution is 5.90. The number of hydrogen-bond acceptors (Lipinski definition) is 3. The Labute approximate surface area is 149 Å². The summed E-state index contributed by atoms with van der Waals surface area (Å²) in [5, 5.41) is 6.06. The van der Waals surface area contributed by atoms with Crippen LogP contribution >= 0.6 is 0 Å². The summed E-state index contributed by atoms with van der Waals surface area (Å²) in [5.41, 5.74) is 6.70. The minimum Gasteiger partial charge on any atom is -0.353 e. The molecule has 1 aliphatic carbocycles. The van der Waals surface area contributed by atoms with Crippen LogP contribution in [0.5, 0.6) is 0 Å². The third-order valence-electron chi connectivity index (χ3n) is 5.22. The Morgan fingerprint density at radius 2 is 1.76 bits per heavy atom. The smallest absolute Gasteiger partial charge is 0.321 e. The van der Waals surface area contributed by atoms with Crippen LogP contribution in [0.4, 0.5) is 10.5 Å². The van der Waals surface area contributed by atoms with E-state index >= 15 is 0 Å². The van der Waals surface area contributed by atoms with Crippen molar-refractivity contribution in [2.24, 2.45) is 11.7 Å². The second-order valence-corrected chi connectivity index (χ2v) is 7.20. The zero-order valence-electron chi connectivity index (χ0n) is 14.6. The molecule has 6 nitrogen and oxygen atoms in total. The van der Waals surface area contributed by atoms with Crippen molar-refractivity contribution in [3.8, 4) is 0 Å². The average molecular weight is 344 g/mol. The Balaban J connectivity index is 1.50. The number of rotatable bonds is 3. The number of para-hydroxylation sites is 1. The number of amides is 3. The van der Waals surface area contributed by atoms with Crippen molar-refractivity contribution in [1.29, 1.82) is 0 Å². The molecule has 1 atom stereocenters. The van der Waals surface area contributed by atoms with E-state index in [1.807, 2.05) is 30.3 Å². The largest absolute Gasteiger partial charge is 0.353 e. The van der Waals surface area contributed by atoms with Crippen LogP contribution in [0.15, 0.2) is 30.3 Å². The Kier molecular flexibility index (Phi) is 5.91. The monoisotopic (exact) mass is 344 g/mol. The maximum absolute atomic E-state index is 12.6. The van der Waals surface area contributed by atoms with E-state index in [-0.39, 0.29) is 29.9 Å². The lowest BCUT2D eigenvalue weighted by molar-refractivity contribution is -0.127. The van der Waals surface area contributed by atoms with E-state index in [0.29, 0.717) is 13.1 Å². The third-order valence-corrected chi connectivity index (χ3v) is 5.22. The molecule has 0 aromatic heterocycles. The van der Waals surface area contributed by atoms with Crippen LogP contribution in [0.1, 0.15) is 38.5 Å². The summed E-state index contributed by atoms with van der Waals surface area (Å²) in [7, 11) is 0. The molecule has 25 heavy (non-hydrogen) atoms. The van der Waals surface area contributed by atoms with Gasteiger partial charge in [-0.05, 0) is 50.7 Å². The number of carbonyl (C=O) groups excluding carboxylic acids is 2. The average Bonchev–Trinajstić information content (AvgIpc) is 2.64. The van der Waals surface area contributed by atoms with Gasteiger partial charge in [-0.15, -0.1) is 0 Å². The number of nitrogens with two attached hydrogens (primary N) is 1. The highest BCUT2D eigenvalue weighted by atomic mass is 16.2. The molecule has 3 rings (SSSR count). The lowest BCUT2D eigenvalue weighted by Crippen LogP contribution is -2.49. The second-order valence-electron chi connectivity index (χ2n) is 7.20. The number of likely N-dealkylation sites (tertiary alicyclic amines) is 1. The number of nitrogens with zero attached hydrogens (tertiary/aromatic N) is 1. The van der Waals surface area contributed by atoms with Gasteiger partial charge in [-0.1, -0.05) is 18.2 Å². The number of piperidine rings is 1. The second kappa shape index (κ2) is 8.34. The first-order valence-corrected chi connectivity index (χ1v) is 9.29. The van der Waals surface area contributed by atoms with Crippen LogP contribution < -0.4 is 16.4 Å². The fraction of sp³-hybridized carbons (Fsp3) is 0.579. The van der Waals surface area contributed by atoms with Crippen LogP contribution in [0.25, 0.3) is 0 Å². The number of urea groups is 1. The van der Waals surface area contributed by atoms with E-state index in [1.54, 1.807) is 4.90 Å². The highest BCUT2D eigenvalue weighted by Crippen LogP contribution is 2.21. The minimum absolute atomic E-state index is 0.0812. The van der Waals surface area contributed by atoms with Crippen molar-refractivity contribution in [2.45, 2.75) is 50.6 Å². The number of benzene rings is 1. The molecule has 0 radical (unpaired) electrons. The molecule has 6 heteroatoms. The predicted octanol–water partition coefficient (Wildman–Crippen LogP) is 2.32. The molecule has 3 amide bonds. The van der Waals surface area contributed by atoms with Crippen LogP contribution in [-0.4, -0.2) is 42.0 Å². The highest BCUT2D eigenvalue weighted by Gasteiger charge is 2.30. The van der Waals surface area contributed by atoms with Gasteiger partial charge in [-0.3, -0.25) is 4.79 Å². The Morgan fingerprint density at radius 3 is 2.48 bits per heavy atom. The lowest BCUT2D eigenvalue weighted by atomic mass is 9.90. The Morgan fingerprint density at radius 1 is 1.04 bits per heavy atom. The zero-order valence-corrected chi connectivity index (χ0v) is 14.6. The normalized spacial score (nSPS) is 26.8. The fourth-order valence-electron chi connectivity index (χ4n) is 3.68. The van der Waals surface area contributed by atoms with Gasteiger partial charge in [0.05, 0.1) is 5.92 Å². The summed E-state index contributed by atoms with van der Waals surface area (Å²) in [6.45, 7) is 1.18. The standard InChI is InChI=1S/C19H28N4O2/c20-15-8-10-17(11-9-15)21-18(24)14-5-4-12-23(13-14)19(25)22-16-6-2-1-3-7-16/h1-3,6-7,14-15,17H,4-5,8-13,20H2,(H,21,24)(H,22,25). The molecular weight excluding hydrogens is 316 g/mol. The van der Waals surface area contributed by atoms with Gasteiger partial charge in [0, 0.05) is 30.9 Å². The summed E-state index contributed by atoms with van der Waals surface area (Å²) in [5.74, 6) is -0.0384. The molecule has 1 aromatic rings. The molecule has 0 spiro atoms. The maximum Gasteiger partial charge on any atom is 0.321 e. The topological polar surface area (TPSA) is 87.5 Å². The van der Waals surface area contributed by atoms with Gasteiger partial charge in [-0.2, -0.15) is 0 Å². The summed E-state index contributed by atoms with van der Waals surface area (Å²) in [6.07, 6.45) is 5.56. The van der Waals surface area contributed by atoms with E-state index in [1.165, 1.54) is 0 Å². The van der Waals surface area contributed by atoms with Crippen LogP contribution in [0, 0.1) is 5.92 Å². The van der Waals surface area contributed by atoms with Gasteiger partial charge in [-0.25, -0.2) is 4.79 Å². The summed E-state index contributed by atoms with van der Waals surface area (Å²) in [6, 6.07) is 9.79. The number of hydrogen-bond donors (Lipinski definition) is 3. The van der Waals surface area contributed by atoms with Crippen LogP contribution in [-0.2, 0) is 4.79 Å². The molecule has 0 bridgehead atoms. The van der Waals surface area contributed by atoms with Crippen molar-refractivity contribution in [1.82, 2.24) is 10.2 Å². The van der Waals surface area contributed by atoms with Crippen molar-refractivity contribution >= 4 is 17.6 Å². The number of anilines is 1. The summed E-state index contributed by atoms with van der Waals surface area (Å²) < 4.78 is 0. The van der Waals surface area contributed by atoms with Crippen LogP contribution in [0.3, 0.4) is 0 Å². The lowest BCUT2D eigenvalue weighted by Gasteiger charge is -2.34. The van der Waals surface area contributed by atoms with E-state index < -0.39 is 0 Å². The molecule has 1 saturated carbocycles. The zero-order chi connectivity index (χ0) is 17.6. The van der Waals surface area contributed by atoms with Gasteiger partial charge in [0.15, 0.2) is 0 Å². The van der Waals surface area contributed by atoms with Gasteiger partial charge < -0.3 is 21.3 Å². The molecule has 136 valence electrons. The molecule has 2 aliphatic rings. The molecule has 1 aliphatic heterocycles.